The standard InChI is InChI=1S/C18H25N3O4/c1-2-11-25-13-15(18(23)24)20-17(22)14-7-8-16(19-12-14)21-9-5-3-4-6-10-21/h2,7-8,12,15H,1,3-6,9-11,13H2,(H,20,22)(H,23,24). The van der Waals surface area contributed by atoms with Crippen LogP contribution in [0.2, 0.25) is 0 Å². The zero-order valence-corrected chi connectivity index (χ0v) is 14.3. The number of rotatable bonds is 8. The lowest BCUT2D eigenvalue weighted by Crippen LogP contribution is -2.44. The van der Waals surface area contributed by atoms with E-state index in [1.165, 1.54) is 25.1 Å². The Labute approximate surface area is 147 Å². The highest BCUT2D eigenvalue weighted by Gasteiger charge is 2.21. The predicted molar refractivity (Wildman–Crippen MR) is 94.8 cm³/mol. The molecular weight excluding hydrogens is 322 g/mol. The third-order valence-corrected chi connectivity index (χ3v) is 4.06. The van der Waals surface area contributed by atoms with Gasteiger partial charge in [-0.15, -0.1) is 6.58 Å². The van der Waals surface area contributed by atoms with Gasteiger partial charge in [-0.3, -0.25) is 4.79 Å². The summed E-state index contributed by atoms with van der Waals surface area (Å²) in [6.07, 6.45) is 7.78. The summed E-state index contributed by atoms with van der Waals surface area (Å²) in [4.78, 5) is 30.0. The van der Waals surface area contributed by atoms with E-state index in [1.807, 2.05) is 6.07 Å². The summed E-state index contributed by atoms with van der Waals surface area (Å²) in [5, 5.41) is 11.6. The van der Waals surface area contributed by atoms with Crippen LogP contribution in [0.15, 0.2) is 31.0 Å². The highest BCUT2D eigenvalue weighted by Crippen LogP contribution is 2.17. The van der Waals surface area contributed by atoms with Crippen molar-refractivity contribution in [1.29, 1.82) is 0 Å². The van der Waals surface area contributed by atoms with Crippen molar-refractivity contribution < 1.29 is 19.4 Å². The summed E-state index contributed by atoms with van der Waals surface area (Å²) in [7, 11) is 0. The molecule has 0 radical (unpaired) electrons. The topological polar surface area (TPSA) is 91.8 Å². The van der Waals surface area contributed by atoms with E-state index in [4.69, 9.17) is 9.84 Å². The summed E-state index contributed by atoms with van der Waals surface area (Å²) >= 11 is 0. The number of aromatic nitrogens is 1. The van der Waals surface area contributed by atoms with Crippen molar-refractivity contribution in [1.82, 2.24) is 10.3 Å². The quantitative estimate of drug-likeness (QED) is 0.551. The molecule has 1 aromatic rings. The van der Waals surface area contributed by atoms with Gasteiger partial charge in [0.2, 0.25) is 0 Å². The minimum atomic E-state index is -1.15. The van der Waals surface area contributed by atoms with Crippen molar-refractivity contribution in [2.24, 2.45) is 0 Å². The molecule has 7 nitrogen and oxygen atoms in total. The van der Waals surface area contributed by atoms with E-state index in [2.05, 4.69) is 21.8 Å². The van der Waals surface area contributed by atoms with Gasteiger partial charge in [-0.05, 0) is 25.0 Å². The number of pyridine rings is 1. The number of carbonyl (C=O) groups excluding carboxylic acids is 1. The second-order valence-corrected chi connectivity index (χ2v) is 6.00. The fourth-order valence-corrected chi connectivity index (χ4v) is 2.69. The Balaban J connectivity index is 1.96. The van der Waals surface area contributed by atoms with E-state index in [-0.39, 0.29) is 13.2 Å². The van der Waals surface area contributed by atoms with Crippen LogP contribution in [0.25, 0.3) is 0 Å². The Morgan fingerprint density at radius 3 is 2.60 bits per heavy atom. The summed E-state index contributed by atoms with van der Waals surface area (Å²) in [6, 6.07) is 2.37. The molecule has 1 unspecified atom stereocenters. The number of nitrogens with one attached hydrogen (secondary N) is 1. The first-order valence-electron chi connectivity index (χ1n) is 8.55. The molecule has 136 valence electrons. The molecule has 2 N–H and O–H groups in total. The van der Waals surface area contributed by atoms with Gasteiger partial charge in [0.1, 0.15) is 5.82 Å². The van der Waals surface area contributed by atoms with Crippen molar-refractivity contribution in [3.05, 3.63) is 36.5 Å². The number of carbonyl (C=O) groups is 2. The fourth-order valence-electron chi connectivity index (χ4n) is 2.69. The van der Waals surface area contributed by atoms with Gasteiger partial charge >= 0.3 is 5.97 Å². The normalized spacial score (nSPS) is 15.9. The molecule has 1 fully saturated rings. The Bertz CT molecular complexity index is 580. The molecule has 25 heavy (non-hydrogen) atoms. The summed E-state index contributed by atoms with van der Waals surface area (Å²) < 4.78 is 5.12. The molecule has 1 atom stereocenters. The molecular formula is C18H25N3O4. The van der Waals surface area contributed by atoms with Crippen LogP contribution in [-0.2, 0) is 9.53 Å². The molecule has 0 saturated carbocycles. The summed E-state index contributed by atoms with van der Waals surface area (Å²) in [6.45, 7) is 5.55. The van der Waals surface area contributed by atoms with Gasteiger partial charge in [0.15, 0.2) is 6.04 Å². The Morgan fingerprint density at radius 2 is 2.04 bits per heavy atom. The fraction of sp³-hybridized carbons (Fsp3) is 0.500. The lowest BCUT2D eigenvalue weighted by Gasteiger charge is -2.21. The highest BCUT2D eigenvalue weighted by atomic mass is 16.5. The highest BCUT2D eigenvalue weighted by molar-refractivity contribution is 5.96. The van der Waals surface area contributed by atoms with E-state index in [1.54, 1.807) is 6.07 Å². The van der Waals surface area contributed by atoms with Crippen LogP contribution >= 0.6 is 0 Å². The Hall–Kier alpha value is -2.41. The number of aliphatic carboxylic acids is 1. The molecule has 7 heteroatoms. The number of carboxylic acids is 1. The predicted octanol–water partition coefficient (Wildman–Crippen LogP) is 1.85. The van der Waals surface area contributed by atoms with Gasteiger partial charge < -0.3 is 20.1 Å². The van der Waals surface area contributed by atoms with E-state index in [0.717, 1.165) is 31.7 Å². The largest absolute Gasteiger partial charge is 0.480 e. The third-order valence-electron chi connectivity index (χ3n) is 4.06. The van der Waals surface area contributed by atoms with Gasteiger partial charge in [0, 0.05) is 19.3 Å². The first-order chi connectivity index (χ1) is 12.1. The molecule has 0 bridgehead atoms. The van der Waals surface area contributed by atoms with Crippen LogP contribution in [0.4, 0.5) is 5.82 Å². The van der Waals surface area contributed by atoms with Crippen molar-refractivity contribution in [3.63, 3.8) is 0 Å². The van der Waals surface area contributed by atoms with Crippen LogP contribution in [0, 0.1) is 0 Å². The second-order valence-electron chi connectivity index (χ2n) is 6.00. The Kier molecular flexibility index (Phi) is 7.40. The lowest BCUT2D eigenvalue weighted by molar-refractivity contribution is -0.140. The molecule has 2 heterocycles. The van der Waals surface area contributed by atoms with E-state index in [9.17, 15) is 9.59 Å². The van der Waals surface area contributed by atoms with Crippen LogP contribution in [0.1, 0.15) is 36.0 Å². The molecule has 1 amide bonds. The van der Waals surface area contributed by atoms with E-state index < -0.39 is 17.9 Å². The molecule has 0 spiro atoms. The SMILES string of the molecule is C=CCOCC(NC(=O)c1ccc(N2CCCCCC2)nc1)C(=O)O. The maximum absolute atomic E-state index is 12.2. The van der Waals surface area contributed by atoms with E-state index in [0.29, 0.717) is 5.56 Å². The molecule has 1 saturated heterocycles. The van der Waals surface area contributed by atoms with Gasteiger partial charge in [0.25, 0.3) is 5.91 Å². The first kappa shape index (κ1) is 18.9. The first-order valence-corrected chi connectivity index (χ1v) is 8.55. The van der Waals surface area contributed by atoms with Gasteiger partial charge in [-0.2, -0.15) is 0 Å². The number of nitrogens with zero attached hydrogens (tertiary/aromatic N) is 2. The van der Waals surface area contributed by atoms with Crippen molar-refractivity contribution >= 4 is 17.7 Å². The number of hydrogen-bond donors (Lipinski definition) is 2. The number of ether oxygens (including phenoxy) is 1. The minimum Gasteiger partial charge on any atom is -0.480 e. The third kappa shape index (κ3) is 5.86. The van der Waals surface area contributed by atoms with Crippen molar-refractivity contribution in [2.45, 2.75) is 31.7 Å². The number of amides is 1. The molecule has 0 aliphatic carbocycles. The number of anilines is 1. The lowest BCUT2D eigenvalue weighted by atomic mass is 10.2. The van der Waals surface area contributed by atoms with Crippen LogP contribution in [0.5, 0.6) is 0 Å². The molecule has 0 aromatic carbocycles. The second kappa shape index (κ2) is 9.78. The van der Waals surface area contributed by atoms with Gasteiger partial charge in [0.05, 0.1) is 18.8 Å². The van der Waals surface area contributed by atoms with E-state index >= 15 is 0 Å². The minimum absolute atomic E-state index is 0.119. The average Bonchev–Trinajstić information content (AvgIpc) is 2.90. The van der Waals surface area contributed by atoms with Crippen molar-refractivity contribution in [3.8, 4) is 0 Å². The summed E-state index contributed by atoms with van der Waals surface area (Å²) in [5.74, 6) is -0.779. The maximum atomic E-state index is 12.2. The van der Waals surface area contributed by atoms with Crippen LogP contribution in [-0.4, -0.2) is 54.3 Å². The molecule has 2 rings (SSSR count). The number of hydrogen-bond acceptors (Lipinski definition) is 5. The maximum Gasteiger partial charge on any atom is 0.328 e. The molecule has 1 aliphatic rings. The van der Waals surface area contributed by atoms with Crippen molar-refractivity contribution in [2.75, 3.05) is 31.2 Å². The Morgan fingerprint density at radius 1 is 1.32 bits per heavy atom. The zero-order valence-electron chi connectivity index (χ0n) is 14.3. The van der Waals surface area contributed by atoms with Crippen LogP contribution < -0.4 is 10.2 Å². The van der Waals surface area contributed by atoms with Gasteiger partial charge in [-0.1, -0.05) is 18.9 Å². The number of carboxylic acid groups (broad SMARTS) is 1. The van der Waals surface area contributed by atoms with Crippen LogP contribution in [0.3, 0.4) is 0 Å². The monoisotopic (exact) mass is 347 g/mol. The van der Waals surface area contributed by atoms with Gasteiger partial charge in [-0.25, -0.2) is 9.78 Å². The summed E-state index contributed by atoms with van der Waals surface area (Å²) in [5.41, 5.74) is 0.327. The zero-order chi connectivity index (χ0) is 18.1. The average molecular weight is 347 g/mol. The molecule has 1 aromatic heterocycles. The molecule has 1 aliphatic heterocycles. The smallest absolute Gasteiger partial charge is 0.328 e.